The number of likely N-dealkylation sites (tertiary alicyclic amines) is 1. The summed E-state index contributed by atoms with van der Waals surface area (Å²) in [6.45, 7) is 4.56. The molecule has 2 saturated heterocycles. The summed E-state index contributed by atoms with van der Waals surface area (Å²) in [6, 6.07) is -0.0104. The van der Waals surface area contributed by atoms with E-state index < -0.39 is 0 Å². The molecule has 4 rings (SSSR count). The maximum Gasteiger partial charge on any atom is 0.226 e. The molecular formula is C21H34N4O2. The number of amides is 1. The zero-order valence-electron chi connectivity index (χ0n) is 16.7. The van der Waals surface area contributed by atoms with Gasteiger partial charge in [-0.25, -0.2) is 0 Å². The first-order chi connectivity index (χ1) is 13.2. The molecule has 2 atom stereocenters. The monoisotopic (exact) mass is 374 g/mol. The Hall–Kier alpha value is -1.40. The van der Waals surface area contributed by atoms with Crippen LogP contribution in [0.2, 0.25) is 0 Å². The van der Waals surface area contributed by atoms with Crippen molar-refractivity contribution >= 4 is 5.91 Å². The van der Waals surface area contributed by atoms with Crippen LogP contribution >= 0.6 is 0 Å². The molecule has 2 aliphatic heterocycles. The van der Waals surface area contributed by atoms with Gasteiger partial charge in [0.1, 0.15) is 0 Å². The third-order valence-electron chi connectivity index (χ3n) is 6.54. The normalized spacial score (nSPS) is 28.4. The van der Waals surface area contributed by atoms with Crippen LogP contribution in [-0.2, 0) is 16.6 Å². The second kappa shape index (κ2) is 8.74. The number of carbonyl (C=O) groups is 1. The highest BCUT2D eigenvalue weighted by Crippen LogP contribution is 2.34. The van der Waals surface area contributed by atoms with Gasteiger partial charge in [0.2, 0.25) is 5.91 Å². The van der Waals surface area contributed by atoms with E-state index >= 15 is 0 Å². The number of hydrogen-bond acceptors (Lipinski definition) is 4. The van der Waals surface area contributed by atoms with Gasteiger partial charge in [-0.1, -0.05) is 25.7 Å². The van der Waals surface area contributed by atoms with Gasteiger partial charge >= 0.3 is 0 Å². The molecule has 0 spiro atoms. The number of hydrogen-bond donors (Lipinski definition) is 0. The third-order valence-corrected chi connectivity index (χ3v) is 6.54. The van der Waals surface area contributed by atoms with Gasteiger partial charge in [-0.15, -0.1) is 0 Å². The van der Waals surface area contributed by atoms with E-state index in [1.54, 1.807) is 0 Å². The number of rotatable bonds is 4. The van der Waals surface area contributed by atoms with Crippen molar-refractivity contribution in [3.8, 4) is 0 Å². The van der Waals surface area contributed by atoms with Crippen LogP contribution in [0.5, 0.6) is 0 Å². The van der Waals surface area contributed by atoms with E-state index in [1.165, 1.54) is 38.5 Å². The van der Waals surface area contributed by atoms with Crippen LogP contribution in [0.4, 0.5) is 0 Å². The summed E-state index contributed by atoms with van der Waals surface area (Å²) < 4.78 is 8.09. The number of aryl methyl sites for hydroxylation is 1. The number of morpholine rings is 1. The predicted octanol–water partition coefficient (Wildman–Crippen LogP) is 2.75. The van der Waals surface area contributed by atoms with Crippen LogP contribution in [0.25, 0.3) is 0 Å². The molecule has 6 nitrogen and oxygen atoms in total. The van der Waals surface area contributed by atoms with Crippen LogP contribution < -0.4 is 0 Å². The van der Waals surface area contributed by atoms with Crippen LogP contribution in [0.1, 0.15) is 63.0 Å². The molecule has 1 amide bonds. The average Bonchev–Trinajstić information content (AvgIpc) is 3.14. The Bertz CT molecular complexity index is 619. The van der Waals surface area contributed by atoms with Gasteiger partial charge in [-0.2, -0.15) is 5.10 Å². The molecule has 0 bridgehead atoms. The van der Waals surface area contributed by atoms with Crippen LogP contribution in [-0.4, -0.2) is 64.4 Å². The molecule has 27 heavy (non-hydrogen) atoms. The fraction of sp³-hybridized carbons (Fsp3) is 0.810. The van der Waals surface area contributed by atoms with Crippen molar-refractivity contribution in [1.82, 2.24) is 19.6 Å². The van der Waals surface area contributed by atoms with E-state index in [2.05, 4.69) is 21.1 Å². The summed E-state index contributed by atoms with van der Waals surface area (Å²) in [4.78, 5) is 18.1. The molecule has 1 aromatic heterocycles. The lowest BCUT2D eigenvalue weighted by Crippen LogP contribution is -2.53. The van der Waals surface area contributed by atoms with Gasteiger partial charge in [0, 0.05) is 37.8 Å². The van der Waals surface area contributed by atoms with Crippen LogP contribution in [0.3, 0.4) is 0 Å². The molecule has 3 heterocycles. The Morgan fingerprint density at radius 1 is 1.11 bits per heavy atom. The maximum absolute atomic E-state index is 13.4. The Kier molecular flexibility index (Phi) is 6.13. The number of ether oxygens (including phenoxy) is 1. The quantitative estimate of drug-likeness (QED) is 0.813. The zero-order chi connectivity index (χ0) is 18.6. The van der Waals surface area contributed by atoms with Gasteiger partial charge in [0.15, 0.2) is 0 Å². The lowest BCUT2D eigenvalue weighted by molar-refractivity contribution is -0.153. The molecule has 6 heteroatoms. The van der Waals surface area contributed by atoms with Gasteiger partial charge in [-0.05, 0) is 38.8 Å². The second-order valence-corrected chi connectivity index (χ2v) is 8.53. The molecule has 1 saturated carbocycles. The van der Waals surface area contributed by atoms with Crippen molar-refractivity contribution in [2.45, 2.75) is 63.5 Å². The molecule has 0 radical (unpaired) electrons. The van der Waals surface area contributed by atoms with Gasteiger partial charge in [0.25, 0.3) is 0 Å². The summed E-state index contributed by atoms with van der Waals surface area (Å²) in [5, 5.41) is 4.39. The fourth-order valence-electron chi connectivity index (χ4n) is 5.10. The highest BCUT2D eigenvalue weighted by Gasteiger charge is 2.40. The maximum atomic E-state index is 13.4. The minimum absolute atomic E-state index is 0.0104. The van der Waals surface area contributed by atoms with Crippen LogP contribution in [0, 0.1) is 5.92 Å². The smallest absolute Gasteiger partial charge is 0.226 e. The van der Waals surface area contributed by atoms with E-state index in [9.17, 15) is 4.79 Å². The molecule has 1 aromatic rings. The molecule has 3 fully saturated rings. The van der Waals surface area contributed by atoms with Crippen molar-refractivity contribution in [3.05, 3.63) is 18.0 Å². The van der Waals surface area contributed by atoms with Crippen molar-refractivity contribution < 1.29 is 9.53 Å². The van der Waals surface area contributed by atoms with Gasteiger partial charge < -0.3 is 14.5 Å². The molecule has 3 aliphatic rings. The van der Waals surface area contributed by atoms with Gasteiger partial charge in [-0.3, -0.25) is 9.48 Å². The molecule has 1 aliphatic carbocycles. The highest BCUT2D eigenvalue weighted by atomic mass is 16.5. The topological polar surface area (TPSA) is 50.6 Å². The SMILES string of the molecule is Cn1cc([C@H]2[C@H](CN3CCCCC3)OCCN2C(=O)C2CCCCC2)cn1. The summed E-state index contributed by atoms with van der Waals surface area (Å²) in [7, 11) is 1.94. The number of piperidine rings is 1. The summed E-state index contributed by atoms with van der Waals surface area (Å²) in [5.41, 5.74) is 1.11. The number of nitrogens with zero attached hydrogens (tertiary/aromatic N) is 4. The van der Waals surface area contributed by atoms with E-state index in [4.69, 9.17) is 4.74 Å². The highest BCUT2D eigenvalue weighted by molar-refractivity contribution is 5.79. The van der Waals surface area contributed by atoms with E-state index in [0.29, 0.717) is 19.1 Å². The first-order valence-electron chi connectivity index (χ1n) is 10.9. The minimum atomic E-state index is -0.0104. The molecule has 0 aromatic carbocycles. The summed E-state index contributed by atoms with van der Waals surface area (Å²) in [5.74, 6) is 0.544. The number of aromatic nitrogens is 2. The first-order valence-corrected chi connectivity index (χ1v) is 10.9. The Morgan fingerprint density at radius 2 is 1.85 bits per heavy atom. The lowest BCUT2D eigenvalue weighted by Gasteiger charge is -2.44. The lowest BCUT2D eigenvalue weighted by atomic mass is 9.87. The van der Waals surface area contributed by atoms with Crippen molar-refractivity contribution in [3.63, 3.8) is 0 Å². The average molecular weight is 375 g/mol. The molecule has 0 N–H and O–H groups in total. The largest absolute Gasteiger partial charge is 0.373 e. The minimum Gasteiger partial charge on any atom is -0.373 e. The van der Waals surface area contributed by atoms with Crippen LogP contribution in [0.15, 0.2) is 12.4 Å². The second-order valence-electron chi connectivity index (χ2n) is 8.53. The Labute approximate surface area is 162 Å². The summed E-state index contributed by atoms with van der Waals surface area (Å²) >= 11 is 0. The molecule has 150 valence electrons. The zero-order valence-corrected chi connectivity index (χ0v) is 16.7. The van der Waals surface area contributed by atoms with Crippen molar-refractivity contribution in [2.75, 3.05) is 32.8 Å². The third kappa shape index (κ3) is 4.37. The first kappa shape index (κ1) is 18.9. The Morgan fingerprint density at radius 3 is 2.56 bits per heavy atom. The standard InChI is InChI=1S/C21H34N4O2/c1-23-15-18(14-22-23)20-19(16-24-10-6-3-7-11-24)27-13-12-25(20)21(26)17-8-4-2-5-9-17/h14-15,17,19-20H,2-13,16H2,1H3/t19-,20-/m0/s1. The molecule has 0 unspecified atom stereocenters. The summed E-state index contributed by atoms with van der Waals surface area (Å²) in [6.07, 6.45) is 13.6. The molecular weight excluding hydrogens is 340 g/mol. The predicted molar refractivity (Wildman–Crippen MR) is 104 cm³/mol. The van der Waals surface area contributed by atoms with E-state index in [0.717, 1.165) is 38.0 Å². The number of carbonyl (C=O) groups excluding carboxylic acids is 1. The van der Waals surface area contributed by atoms with E-state index in [-0.39, 0.29) is 18.1 Å². The van der Waals surface area contributed by atoms with Crippen molar-refractivity contribution in [1.29, 1.82) is 0 Å². The Balaban J connectivity index is 1.55. The van der Waals surface area contributed by atoms with Gasteiger partial charge in [0.05, 0.1) is 24.9 Å². The van der Waals surface area contributed by atoms with Crippen molar-refractivity contribution in [2.24, 2.45) is 13.0 Å². The fourth-order valence-corrected chi connectivity index (χ4v) is 5.10. The van der Waals surface area contributed by atoms with E-state index in [1.807, 2.05) is 17.9 Å².